The molecule has 0 amide bonds. The van der Waals surface area contributed by atoms with Gasteiger partial charge in [-0.3, -0.25) is 4.52 Å². The van der Waals surface area contributed by atoms with Gasteiger partial charge in [0.2, 0.25) is 0 Å². The molecule has 0 bridgehead atoms. The van der Waals surface area contributed by atoms with E-state index in [-0.39, 0.29) is 6.61 Å². The van der Waals surface area contributed by atoms with E-state index in [1.54, 1.807) is 20.1 Å². The zero-order valence-electron chi connectivity index (χ0n) is 6.77. The predicted octanol–water partition coefficient (Wildman–Crippen LogP) is 1.90. The van der Waals surface area contributed by atoms with E-state index in [1.165, 1.54) is 11.8 Å². The average Bonchev–Trinajstić information content (AvgIpc) is 1.86. The first kappa shape index (κ1) is 11.2. The molecule has 1 unspecified atom stereocenters. The molecule has 0 saturated heterocycles. The van der Waals surface area contributed by atoms with Gasteiger partial charge < -0.3 is 4.89 Å². The number of nitrogens with zero attached hydrogens (tertiary/aromatic N) is 1. The zero-order chi connectivity index (χ0) is 8.91. The number of thioether (sulfide) groups is 1. The number of hydrogen-bond acceptors (Lipinski definition) is 3. The SMILES string of the molecule is CCOP(=O)(O)N=C(C)SC. The fraction of sp³-hybridized carbons (Fsp3) is 0.800. The largest absolute Gasteiger partial charge is 0.451 e. The average molecular weight is 197 g/mol. The molecule has 0 aromatic heterocycles. The molecule has 0 saturated carbocycles. The van der Waals surface area contributed by atoms with Crippen molar-refractivity contribution in [1.29, 1.82) is 0 Å². The van der Waals surface area contributed by atoms with E-state index in [4.69, 9.17) is 4.89 Å². The summed E-state index contributed by atoms with van der Waals surface area (Å²) in [5.41, 5.74) is 0. The molecule has 0 rings (SSSR count). The molecule has 0 spiro atoms. The van der Waals surface area contributed by atoms with Gasteiger partial charge in [-0.25, -0.2) is 4.57 Å². The lowest BCUT2D eigenvalue weighted by atomic mass is 10.9. The normalized spacial score (nSPS) is 18.0. The number of rotatable bonds is 3. The topological polar surface area (TPSA) is 58.9 Å². The molecule has 1 atom stereocenters. The van der Waals surface area contributed by atoms with Crippen LogP contribution in [-0.2, 0) is 9.09 Å². The van der Waals surface area contributed by atoms with Gasteiger partial charge in [-0.2, -0.15) is 4.76 Å². The van der Waals surface area contributed by atoms with Crippen LogP contribution in [0.4, 0.5) is 0 Å². The molecule has 6 heteroatoms. The maximum Gasteiger partial charge on any atom is 0.451 e. The third-order valence-corrected chi connectivity index (χ3v) is 2.82. The zero-order valence-corrected chi connectivity index (χ0v) is 8.48. The molecule has 0 aromatic rings. The summed E-state index contributed by atoms with van der Waals surface area (Å²) in [7, 11) is -3.70. The summed E-state index contributed by atoms with van der Waals surface area (Å²) in [5.74, 6) is 0. The summed E-state index contributed by atoms with van der Waals surface area (Å²) in [4.78, 5) is 8.95. The van der Waals surface area contributed by atoms with Crippen LogP contribution in [0.3, 0.4) is 0 Å². The highest BCUT2D eigenvalue weighted by Crippen LogP contribution is 2.44. The monoisotopic (exact) mass is 197 g/mol. The fourth-order valence-corrected chi connectivity index (χ4v) is 1.80. The third-order valence-electron chi connectivity index (χ3n) is 0.860. The highest BCUT2D eigenvalue weighted by Gasteiger charge is 2.16. The molecule has 0 aliphatic carbocycles. The van der Waals surface area contributed by atoms with Gasteiger partial charge in [-0.15, -0.1) is 11.8 Å². The standard InChI is InChI=1S/C5H12NO3PS/c1-4-9-10(7,8)6-5(2)11-3/h4H2,1-3H3,(H,7,8). The molecule has 11 heavy (non-hydrogen) atoms. The molecule has 0 heterocycles. The minimum Gasteiger partial charge on any atom is -0.307 e. The van der Waals surface area contributed by atoms with Gasteiger partial charge in [0.05, 0.1) is 11.7 Å². The van der Waals surface area contributed by atoms with Crippen molar-refractivity contribution in [2.75, 3.05) is 12.9 Å². The molecule has 0 aromatic carbocycles. The van der Waals surface area contributed by atoms with Crippen LogP contribution in [0.5, 0.6) is 0 Å². The van der Waals surface area contributed by atoms with Crippen molar-refractivity contribution in [2.24, 2.45) is 4.76 Å². The predicted molar refractivity (Wildman–Crippen MR) is 48.1 cm³/mol. The first-order valence-corrected chi connectivity index (χ1v) is 5.85. The summed E-state index contributed by atoms with van der Waals surface area (Å²) in [5, 5.41) is 0.546. The second-order valence-electron chi connectivity index (χ2n) is 1.73. The molecule has 4 nitrogen and oxygen atoms in total. The van der Waals surface area contributed by atoms with Gasteiger partial charge in [0.25, 0.3) is 0 Å². The van der Waals surface area contributed by atoms with Gasteiger partial charge in [0.15, 0.2) is 0 Å². The Bertz CT molecular complexity index is 194. The van der Waals surface area contributed by atoms with Crippen molar-refractivity contribution in [3.05, 3.63) is 0 Å². The van der Waals surface area contributed by atoms with E-state index in [2.05, 4.69) is 9.29 Å². The second kappa shape index (κ2) is 4.93. The smallest absolute Gasteiger partial charge is 0.307 e. The Labute approximate surface area is 70.6 Å². The van der Waals surface area contributed by atoms with Crippen molar-refractivity contribution in [2.45, 2.75) is 13.8 Å². The summed E-state index contributed by atoms with van der Waals surface area (Å²) in [6.45, 7) is 3.50. The summed E-state index contributed by atoms with van der Waals surface area (Å²) in [6, 6.07) is 0. The van der Waals surface area contributed by atoms with E-state index in [0.29, 0.717) is 5.04 Å². The molecule has 1 N–H and O–H groups in total. The van der Waals surface area contributed by atoms with Crippen LogP contribution >= 0.6 is 19.5 Å². The lowest BCUT2D eigenvalue weighted by Gasteiger charge is -2.04. The minimum absolute atomic E-state index is 0.193. The quantitative estimate of drug-likeness (QED) is 0.426. The Balaban J connectivity index is 4.21. The van der Waals surface area contributed by atoms with E-state index in [1.807, 2.05) is 0 Å². The van der Waals surface area contributed by atoms with Crippen LogP contribution < -0.4 is 0 Å². The Morgan fingerprint density at radius 2 is 2.36 bits per heavy atom. The Kier molecular flexibility index (Phi) is 5.01. The molecule has 0 fully saturated rings. The molecule has 0 aliphatic heterocycles. The van der Waals surface area contributed by atoms with Gasteiger partial charge in [-0.05, 0) is 20.1 Å². The minimum atomic E-state index is -3.70. The van der Waals surface area contributed by atoms with Gasteiger partial charge in [-0.1, -0.05) is 0 Å². The lowest BCUT2D eigenvalue weighted by Crippen LogP contribution is -1.88. The molecular weight excluding hydrogens is 185 g/mol. The summed E-state index contributed by atoms with van der Waals surface area (Å²) in [6.07, 6.45) is 1.78. The Morgan fingerprint density at radius 3 is 2.73 bits per heavy atom. The van der Waals surface area contributed by atoms with Crippen LogP contribution in [0.1, 0.15) is 13.8 Å². The molecular formula is C5H12NO3PS. The first-order valence-electron chi connectivity index (χ1n) is 3.10. The molecule has 0 radical (unpaired) electrons. The Hall–Kier alpha value is 0.170. The van der Waals surface area contributed by atoms with E-state index < -0.39 is 7.75 Å². The van der Waals surface area contributed by atoms with E-state index >= 15 is 0 Å². The van der Waals surface area contributed by atoms with Crippen molar-refractivity contribution in [3.8, 4) is 0 Å². The maximum absolute atomic E-state index is 10.9. The third kappa shape index (κ3) is 5.44. The van der Waals surface area contributed by atoms with Gasteiger partial charge in [0.1, 0.15) is 0 Å². The van der Waals surface area contributed by atoms with Crippen molar-refractivity contribution in [3.63, 3.8) is 0 Å². The number of hydrogen-bond donors (Lipinski definition) is 1. The van der Waals surface area contributed by atoms with Crippen molar-refractivity contribution >= 4 is 24.6 Å². The van der Waals surface area contributed by atoms with E-state index in [0.717, 1.165) is 0 Å². The second-order valence-corrected chi connectivity index (χ2v) is 4.17. The molecule has 0 aliphatic rings. The highest BCUT2D eigenvalue weighted by atomic mass is 32.2. The van der Waals surface area contributed by atoms with Gasteiger partial charge >= 0.3 is 7.75 Å². The molecule has 66 valence electrons. The van der Waals surface area contributed by atoms with E-state index in [9.17, 15) is 4.57 Å². The van der Waals surface area contributed by atoms with Gasteiger partial charge in [0, 0.05) is 0 Å². The van der Waals surface area contributed by atoms with Crippen LogP contribution in [0.25, 0.3) is 0 Å². The van der Waals surface area contributed by atoms with Crippen LogP contribution in [0.2, 0.25) is 0 Å². The Morgan fingerprint density at radius 1 is 1.82 bits per heavy atom. The first-order chi connectivity index (χ1) is 5.02. The lowest BCUT2D eigenvalue weighted by molar-refractivity contribution is 0.275. The van der Waals surface area contributed by atoms with Crippen molar-refractivity contribution < 1.29 is 14.0 Å². The highest BCUT2D eigenvalue weighted by molar-refractivity contribution is 8.13. The van der Waals surface area contributed by atoms with Crippen LogP contribution in [-0.4, -0.2) is 22.8 Å². The van der Waals surface area contributed by atoms with Crippen LogP contribution in [0, 0.1) is 0 Å². The van der Waals surface area contributed by atoms with Crippen molar-refractivity contribution in [1.82, 2.24) is 0 Å². The summed E-state index contributed by atoms with van der Waals surface area (Å²) >= 11 is 1.32. The van der Waals surface area contributed by atoms with Crippen LogP contribution in [0.15, 0.2) is 4.76 Å². The fourth-order valence-electron chi connectivity index (χ4n) is 0.416. The summed E-state index contributed by atoms with van der Waals surface area (Å²) < 4.78 is 18.9. The maximum atomic E-state index is 10.9.